The van der Waals surface area contributed by atoms with E-state index in [-0.39, 0.29) is 0 Å². The van der Waals surface area contributed by atoms with E-state index in [9.17, 15) is 0 Å². The maximum atomic E-state index is 4.15. The first kappa shape index (κ1) is 6.35. The number of hydrazine groups is 2. The zero-order valence-electron chi connectivity index (χ0n) is 6.05. The number of hydrazone groups is 1. The van der Waals surface area contributed by atoms with Crippen LogP contribution < -0.4 is 5.53 Å². The molecule has 0 radical (unpaired) electrons. The summed E-state index contributed by atoms with van der Waals surface area (Å²) in [5, 5.41) is 7.82. The normalized spacial score (nSPS) is 18.8. The Balaban J connectivity index is 2.52. The standard InChI is InChI=1S/C5H12N4/c1-4-9-6-5(2)8(3)7-9/h7H,4H2,1-3H3. The Morgan fingerprint density at radius 3 is 2.56 bits per heavy atom. The Labute approximate surface area is 55.1 Å². The van der Waals surface area contributed by atoms with Gasteiger partial charge in [-0.25, -0.2) is 5.12 Å². The summed E-state index contributed by atoms with van der Waals surface area (Å²) >= 11 is 0. The Morgan fingerprint density at radius 2 is 2.33 bits per heavy atom. The predicted molar refractivity (Wildman–Crippen MR) is 36.4 cm³/mol. The van der Waals surface area contributed by atoms with E-state index >= 15 is 0 Å². The van der Waals surface area contributed by atoms with Crippen molar-refractivity contribution in [3.05, 3.63) is 0 Å². The number of nitrogens with zero attached hydrogens (tertiary/aromatic N) is 3. The van der Waals surface area contributed by atoms with Gasteiger partial charge in [-0.15, -0.1) is 10.6 Å². The van der Waals surface area contributed by atoms with Gasteiger partial charge in [0, 0.05) is 7.05 Å². The SMILES string of the molecule is CCN1N=C(C)N(C)N1. The van der Waals surface area contributed by atoms with Gasteiger partial charge in [-0.1, -0.05) is 0 Å². The molecule has 0 amide bonds. The predicted octanol–water partition coefficient (Wildman–Crippen LogP) is 0.00670. The molecule has 1 rings (SSSR count). The minimum absolute atomic E-state index is 0.891. The lowest BCUT2D eigenvalue weighted by molar-refractivity contribution is 0.138. The summed E-state index contributed by atoms with van der Waals surface area (Å²) < 4.78 is 0. The van der Waals surface area contributed by atoms with Gasteiger partial charge in [-0.05, 0) is 13.8 Å². The number of nitrogens with one attached hydrogen (secondary N) is 1. The molecule has 1 N–H and O–H groups in total. The molecule has 52 valence electrons. The van der Waals surface area contributed by atoms with Crippen LogP contribution in [0.5, 0.6) is 0 Å². The molecule has 1 heterocycles. The highest BCUT2D eigenvalue weighted by atomic mass is 15.9. The minimum atomic E-state index is 0.891. The summed E-state index contributed by atoms with van der Waals surface area (Å²) in [6.07, 6.45) is 0. The average Bonchev–Trinajstić information content (AvgIpc) is 2.13. The van der Waals surface area contributed by atoms with Crippen molar-refractivity contribution in [2.24, 2.45) is 5.10 Å². The second kappa shape index (κ2) is 2.23. The van der Waals surface area contributed by atoms with E-state index in [1.54, 1.807) is 5.12 Å². The van der Waals surface area contributed by atoms with Crippen LogP contribution in [0.1, 0.15) is 13.8 Å². The van der Waals surface area contributed by atoms with Crippen LogP contribution in [0.3, 0.4) is 0 Å². The van der Waals surface area contributed by atoms with E-state index in [1.165, 1.54) is 0 Å². The van der Waals surface area contributed by atoms with Crippen LogP contribution in [0.15, 0.2) is 5.10 Å². The first-order valence-corrected chi connectivity index (χ1v) is 3.06. The Bertz CT molecular complexity index is 131. The molecule has 0 atom stereocenters. The molecule has 9 heavy (non-hydrogen) atoms. The molecule has 0 fully saturated rings. The molecule has 0 saturated carbocycles. The van der Waals surface area contributed by atoms with Crippen LogP contribution in [0.4, 0.5) is 0 Å². The van der Waals surface area contributed by atoms with Gasteiger partial charge < -0.3 is 0 Å². The first-order valence-electron chi connectivity index (χ1n) is 3.06. The molecule has 1 aliphatic rings. The van der Waals surface area contributed by atoms with Crippen LogP contribution in [0.2, 0.25) is 0 Å². The fourth-order valence-corrected chi connectivity index (χ4v) is 0.651. The summed E-state index contributed by atoms with van der Waals surface area (Å²) in [5.41, 5.74) is 3.02. The van der Waals surface area contributed by atoms with Gasteiger partial charge >= 0.3 is 0 Å². The van der Waals surface area contributed by atoms with Crippen molar-refractivity contribution in [1.82, 2.24) is 15.7 Å². The molecule has 0 aliphatic carbocycles. The van der Waals surface area contributed by atoms with Crippen molar-refractivity contribution in [3.63, 3.8) is 0 Å². The molecule has 1 aliphatic heterocycles. The molecule has 0 spiro atoms. The van der Waals surface area contributed by atoms with Gasteiger partial charge in [0.25, 0.3) is 0 Å². The van der Waals surface area contributed by atoms with Crippen molar-refractivity contribution in [2.45, 2.75) is 13.8 Å². The van der Waals surface area contributed by atoms with Crippen molar-refractivity contribution in [1.29, 1.82) is 0 Å². The zero-order valence-corrected chi connectivity index (χ0v) is 6.05. The van der Waals surface area contributed by atoms with Crippen molar-refractivity contribution in [3.8, 4) is 0 Å². The maximum Gasteiger partial charge on any atom is 0.138 e. The third-order valence-corrected chi connectivity index (χ3v) is 1.32. The summed E-state index contributed by atoms with van der Waals surface area (Å²) in [4.78, 5) is 0. The maximum absolute atomic E-state index is 4.15. The highest BCUT2D eigenvalue weighted by Gasteiger charge is 2.11. The molecule has 4 heteroatoms. The fourth-order valence-electron chi connectivity index (χ4n) is 0.651. The van der Waals surface area contributed by atoms with Crippen LogP contribution in [-0.4, -0.2) is 29.6 Å². The summed E-state index contributed by atoms with van der Waals surface area (Å²) in [7, 11) is 1.94. The monoisotopic (exact) mass is 128 g/mol. The van der Waals surface area contributed by atoms with Crippen molar-refractivity contribution < 1.29 is 0 Å². The van der Waals surface area contributed by atoms with Gasteiger partial charge in [0.1, 0.15) is 5.84 Å². The molecule has 0 aromatic heterocycles. The molecule has 0 bridgehead atoms. The van der Waals surface area contributed by atoms with Gasteiger partial charge in [0.15, 0.2) is 0 Å². The van der Waals surface area contributed by atoms with E-state index in [2.05, 4.69) is 10.6 Å². The quantitative estimate of drug-likeness (QED) is 0.539. The van der Waals surface area contributed by atoms with E-state index < -0.39 is 0 Å². The van der Waals surface area contributed by atoms with Crippen molar-refractivity contribution >= 4 is 5.84 Å². The van der Waals surface area contributed by atoms with E-state index in [0.717, 1.165) is 12.4 Å². The zero-order chi connectivity index (χ0) is 6.85. The number of rotatable bonds is 1. The van der Waals surface area contributed by atoms with E-state index in [1.807, 2.05) is 25.9 Å². The Hall–Kier alpha value is -0.770. The Morgan fingerprint density at radius 1 is 1.67 bits per heavy atom. The minimum Gasteiger partial charge on any atom is -0.278 e. The molecule has 0 saturated heterocycles. The van der Waals surface area contributed by atoms with Crippen LogP contribution in [-0.2, 0) is 0 Å². The fraction of sp³-hybridized carbons (Fsp3) is 0.800. The van der Waals surface area contributed by atoms with Crippen LogP contribution in [0.25, 0.3) is 0 Å². The number of hydrogen-bond donors (Lipinski definition) is 1. The lowest BCUT2D eigenvalue weighted by Gasteiger charge is -2.14. The number of amidine groups is 1. The van der Waals surface area contributed by atoms with Gasteiger partial charge in [-0.2, -0.15) is 0 Å². The lowest BCUT2D eigenvalue weighted by Crippen LogP contribution is -2.39. The number of hydrogen-bond acceptors (Lipinski definition) is 4. The third kappa shape index (κ3) is 1.13. The third-order valence-electron chi connectivity index (χ3n) is 1.32. The molecule has 0 aromatic carbocycles. The highest BCUT2D eigenvalue weighted by molar-refractivity contribution is 5.79. The summed E-state index contributed by atoms with van der Waals surface area (Å²) in [5.74, 6) is 0.997. The molecule has 0 unspecified atom stereocenters. The molecule has 0 aromatic rings. The van der Waals surface area contributed by atoms with Gasteiger partial charge in [-0.3, -0.25) is 5.01 Å². The largest absolute Gasteiger partial charge is 0.278 e. The molecule has 4 nitrogen and oxygen atoms in total. The second-order valence-electron chi connectivity index (χ2n) is 2.02. The van der Waals surface area contributed by atoms with Gasteiger partial charge in [0.2, 0.25) is 0 Å². The van der Waals surface area contributed by atoms with E-state index in [4.69, 9.17) is 0 Å². The second-order valence-corrected chi connectivity index (χ2v) is 2.02. The smallest absolute Gasteiger partial charge is 0.138 e. The average molecular weight is 128 g/mol. The molecular weight excluding hydrogens is 116 g/mol. The Kier molecular flexibility index (Phi) is 1.57. The van der Waals surface area contributed by atoms with Gasteiger partial charge in [0.05, 0.1) is 6.54 Å². The lowest BCUT2D eigenvalue weighted by atomic mass is 10.7. The van der Waals surface area contributed by atoms with Crippen LogP contribution in [0, 0.1) is 0 Å². The topological polar surface area (TPSA) is 30.9 Å². The van der Waals surface area contributed by atoms with E-state index in [0.29, 0.717) is 0 Å². The summed E-state index contributed by atoms with van der Waals surface area (Å²) in [6.45, 7) is 4.90. The highest BCUT2D eigenvalue weighted by Crippen LogP contribution is 1.96. The first-order chi connectivity index (χ1) is 4.24. The molecular formula is C5H12N4. The van der Waals surface area contributed by atoms with Crippen LogP contribution >= 0.6 is 0 Å². The summed E-state index contributed by atoms with van der Waals surface area (Å²) in [6, 6.07) is 0. The van der Waals surface area contributed by atoms with Crippen molar-refractivity contribution in [2.75, 3.05) is 13.6 Å².